The zero-order valence-electron chi connectivity index (χ0n) is 11.7. The molecule has 5 heteroatoms. The molecule has 0 aliphatic carbocycles. The van der Waals surface area contributed by atoms with Crippen molar-refractivity contribution >= 4 is 23.1 Å². The second kappa shape index (κ2) is 6.33. The van der Waals surface area contributed by atoms with Crippen molar-refractivity contribution in [1.29, 1.82) is 0 Å². The van der Waals surface area contributed by atoms with Crippen molar-refractivity contribution in [3.8, 4) is 0 Å². The van der Waals surface area contributed by atoms with Crippen LogP contribution in [-0.2, 0) is 6.61 Å². The fraction of sp³-hybridized carbons (Fsp3) is 0.312. The summed E-state index contributed by atoms with van der Waals surface area (Å²) in [4.78, 5) is 8.95. The lowest BCUT2D eigenvalue weighted by molar-refractivity contribution is 0.282. The van der Waals surface area contributed by atoms with Crippen LogP contribution in [0.1, 0.15) is 5.56 Å². The molecule has 110 valence electrons. The van der Waals surface area contributed by atoms with E-state index >= 15 is 0 Å². The molecule has 1 N–H and O–H groups in total. The molecule has 0 spiro atoms. The van der Waals surface area contributed by atoms with Gasteiger partial charge in [0.05, 0.1) is 6.61 Å². The molecule has 0 unspecified atom stereocenters. The minimum Gasteiger partial charge on any atom is -0.392 e. The van der Waals surface area contributed by atoms with Gasteiger partial charge in [-0.15, -0.1) is 0 Å². The highest BCUT2D eigenvalue weighted by molar-refractivity contribution is 6.30. The number of anilines is 2. The van der Waals surface area contributed by atoms with Crippen molar-refractivity contribution in [1.82, 2.24) is 4.98 Å². The third-order valence-corrected chi connectivity index (χ3v) is 4.05. The van der Waals surface area contributed by atoms with Gasteiger partial charge in [-0.05, 0) is 24.3 Å². The second-order valence-electron chi connectivity index (χ2n) is 5.09. The van der Waals surface area contributed by atoms with Crippen molar-refractivity contribution in [2.24, 2.45) is 0 Å². The molecule has 1 aromatic carbocycles. The summed E-state index contributed by atoms with van der Waals surface area (Å²) in [5, 5.41) is 10.2. The summed E-state index contributed by atoms with van der Waals surface area (Å²) in [5.74, 6) is 1.02. The molecule has 2 heterocycles. The Labute approximate surface area is 129 Å². The largest absolute Gasteiger partial charge is 0.392 e. The van der Waals surface area contributed by atoms with Crippen LogP contribution in [0.15, 0.2) is 42.6 Å². The third kappa shape index (κ3) is 3.12. The summed E-state index contributed by atoms with van der Waals surface area (Å²) >= 11 is 6.09. The first-order valence-corrected chi connectivity index (χ1v) is 7.46. The van der Waals surface area contributed by atoms with Crippen LogP contribution in [0.5, 0.6) is 0 Å². The predicted octanol–water partition coefficient (Wildman–Crippen LogP) is 2.55. The van der Waals surface area contributed by atoms with Crippen molar-refractivity contribution in [3.63, 3.8) is 0 Å². The van der Waals surface area contributed by atoms with Gasteiger partial charge in [-0.25, -0.2) is 4.98 Å². The molecular formula is C16H18ClN3O. The summed E-state index contributed by atoms with van der Waals surface area (Å²) in [5.41, 5.74) is 1.95. The zero-order valence-corrected chi connectivity index (χ0v) is 12.5. The van der Waals surface area contributed by atoms with Gasteiger partial charge in [0.1, 0.15) is 5.82 Å². The summed E-state index contributed by atoms with van der Waals surface area (Å²) in [6.45, 7) is 3.64. The molecule has 1 aliphatic heterocycles. The van der Waals surface area contributed by atoms with E-state index in [1.165, 1.54) is 0 Å². The predicted molar refractivity (Wildman–Crippen MR) is 86.0 cm³/mol. The van der Waals surface area contributed by atoms with Crippen LogP contribution >= 0.6 is 11.6 Å². The lowest BCUT2D eigenvalue weighted by Gasteiger charge is -2.37. The van der Waals surface area contributed by atoms with Crippen molar-refractivity contribution < 1.29 is 5.11 Å². The van der Waals surface area contributed by atoms with Crippen molar-refractivity contribution in [2.45, 2.75) is 6.61 Å². The van der Waals surface area contributed by atoms with Crippen LogP contribution in [0.25, 0.3) is 0 Å². The standard InChI is InChI=1S/C16H18ClN3O/c17-14-5-4-13(12-21)15(11-14)19-7-9-20(10-8-19)16-3-1-2-6-18-16/h1-6,11,21H,7-10,12H2. The Kier molecular flexibility index (Phi) is 4.27. The Bertz CT molecular complexity index is 598. The Morgan fingerprint density at radius 3 is 2.48 bits per heavy atom. The van der Waals surface area contributed by atoms with E-state index in [9.17, 15) is 5.11 Å². The Morgan fingerprint density at radius 1 is 1.05 bits per heavy atom. The van der Waals surface area contributed by atoms with Crippen molar-refractivity contribution in [2.75, 3.05) is 36.0 Å². The summed E-state index contributed by atoms with van der Waals surface area (Å²) in [6.07, 6.45) is 1.82. The number of hydrogen-bond acceptors (Lipinski definition) is 4. The fourth-order valence-electron chi connectivity index (χ4n) is 2.68. The zero-order chi connectivity index (χ0) is 14.7. The average Bonchev–Trinajstić information content (AvgIpc) is 2.56. The molecule has 21 heavy (non-hydrogen) atoms. The van der Waals surface area contributed by atoms with E-state index in [-0.39, 0.29) is 6.61 Å². The van der Waals surface area contributed by atoms with E-state index in [4.69, 9.17) is 11.6 Å². The lowest BCUT2D eigenvalue weighted by atomic mass is 10.1. The summed E-state index contributed by atoms with van der Waals surface area (Å²) in [6, 6.07) is 11.6. The molecule has 0 saturated carbocycles. The van der Waals surface area contributed by atoms with Gasteiger partial charge in [-0.3, -0.25) is 0 Å². The molecule has 1 saturated heterocycles. The number of aliphatic hydroxyl groups excluding tert-OH is 1. The molecular weight excluding hydrogens is 286 g/mol. The molecule has 1 aromatic heterocycles. The summed E-state index contributed by atoms with van der Waals surface area (Å²) < 4.78 is 0. The van der Waals surface area contributed by atoms with Crippen LogP contribution in [0.3, 0.4) is 0 Å². The number of halogens is 1. The Hall–Kier alpha value is -1.78. The maximum absolute atomic E-state index is 9.48. The molecule has 0 amide bonds. The van der Waals surface area contributed by atoms with Gasteiger partial charge in [0.2, 0.25) is 0 Å². The van der Waals surface area contributed by atoms with E-state index < -0.39 is 0 Å². The molecule has 4 nitrogen and oxygen atoms in total. The number of benzene rings is 1. The van der Waals surface area contributed by atoms with Gasteiger partial charge in [0.25, 0.3) is 0 Å². The first-order chi connectivity index (χ1) is 10.3. The first-order valence-electron chi connectivity index (χ1n) is 7.08. The maximum atomic E-state index is 9.48. The number of nitrogens with zero attached hydrogens (tertiary/aromatic N) is 3. The number of rotatable bonds is 3. The van der Waals surface area contributed by atoms with Gasteiger partial charge in [-0.1, -0.05) is 23.7 Å². The number of hydrogen-bond donors (Lipinski definition) is 1. The van der Waals surface area contributed by atoms with Crippen LogP contribution in [0, 0.1) is 0 Å². The van der Waals surface area contributed by atoms with Crippen LogP contribution < -0.4 is 9.80 Å². The van der Waals surface area contributed by atoms with Crippen molar-refractivity contribution in [3.05, 3.63) is 53.2 Å². The molecule has 1 fully saturated rings. The van der Waals surface area contributed by atoms with E-state index in [1.54, 1.807) is 0 Å². The van der Waals surface area contributed by atoms with Crippen LogP contribution in [-0.4, -0.2) is 36.3 Å². The quantitative estimate of drug-likeness (QED) is 0.946. The normalized spacial score (nSPS) is 15.3. The number of pyridine rings is 1. The smallest absolute Gasteiger partial charge is 0.128 e. The van der Waals surface area contributed by atoms with Crippen LogP contribution in [0.4, 0.5) is 11.5 Å². The number of aromatic nitrogens is 1. The lowest BCUT2D eigenvalue weighted by Crippen LogP contribution is -2.47. The molecule has 2 aromatic rings. The third-order valence-electron chi connectivity index (χ3n) is 3.81. The molecule has 0 atom stereocenters. The van der Waals surface area contributed by atoms with Crippen LogP contribution in [0.2, 0.25) is 5.02 Å². The first kappa shape index (κ1) is 14.2. The maximum Gasteiger partial charge on any atom is 0.128 e. The topological polar surface area (TPSA) is 39.6 Å². The van der Waals surface area contributed by atoms with Gasteiger partial charge in [0.15, 0.2) is 0 Å². The van der Waals surface area contributed by atoms with Gasteiger partial charge in [0, 0.05) is 48.6 Å². The van der Waals surface area contributed by atoms with Gasteiger partial charge in [-0.2, -0.15) is 0 Å². The highest BCUT2D eigenvalue weighted by Crippen LogP contribution is 2.26. The van der Waals surface area contributed by atoms with Gasteiger partial charge < -0.3 is 14.9 Å². The van der Waals surface area contributed by atoms with E-state index in [0.29, 0.717) is 5.02 Å². The minimum absolute atomic E-state index is 0.0347. The average molecular weight is 304 g/mol. The number of aliphatic hydroxyl groups is 1. The summed E-state index contributed by atoms with van der Waals surface area (Å²) in [7, 11) is 0. The fourth-order valence-corrected chi connectivity index (χ4v) is 2.85. The SMILES string of the molecule is OCc1ccc(Cl)cc1N1CCN(c2ccccn2)CC1. The van der Waals surface area contributed by atoms with E-state index in [1.807, 2.05) is 42.6 Å². The van der Waals surface area contributed by atoms with Gasteiger partial charge >= 0.3 is 0 Å². The highest BCUT2D eigenvalue weighted by atomic mass is 35.5. The second-order valence-corrected chi connectivity index (χ2v) is 5.53. The molecule has 1 aliphatic rings. The van der Waals surface area contributed by atoms with E-state index in [0.717, 1.165) is 43.2 Å². The molecule has 3 rings (SSSR count). The monoisotopic (exact) mass is 303 g/mol. The highest BCUT2D eigenvalue weighted by Gasteiger charge is 2.20. The molecule has 0 bridgehead atoms. The Morgan fingerprint density at radius 2 is 1.81 bits per heavy atom. The Balaban J connectivity index is 1.73. The van der Waals surface area contributed by atoms with E-state index in [2.05, 4.69) is 14.8 Å². The molecule has 0 radical (unpaired) electrons. The number of piperazine rings is 1. The minimum atomic E-state index is 0.0347.